The lowest BCUT2D eigenvalue weighted by Crippen LogP contribution is -3.00. The minimum atomic E-state index is -0.0265. The van der Waals surface area contributed by atoms with Gasteiger partial charge < -0.3 is 38.5 Å². The predicted molar refractivity (Wildman–Crippen MR) is 77.5 cm³/mol. The number of rotatable bonds is 7. The Balaban J connectivity index is 0.00000361. The summed E-state index contributed by atoms with van der Waals surface area (Å²) in [6.45, 7) is 8.16. The Kier molecular flexibility index (Phi) is 8.80. The van der Waals surface area contributed by atoms with Crippen LogP contribution in [-0.4, -0.2) is 50.7 Å². The molecule has 0 aromatic heterocycles. The van der Waals surface area contributed by atoms with Crippen LogP contribution in [0.25, 0.3) is 0 Å². The van der Waals surface area contributed by atoms with E-state index in [0.29, 0.717) is 12.1 Å². The van der Waals surface area contributed by atoms with Gasteiger partial charge in [-0.2, -0.15) is 0 Å². The summed E-state index contributed by atoms with van der Waals surface area (Å²) in [5.41, 5.74) is 0.669. The molecule has 1 N–H and O–H groups in total. The standard InChI is InChI=1S/C15H24N2O2.HI/c1-5-17(3,6-2)12-11-16-15(18)13-7-9-14(19-4)10-8-13;/h7-10H,5-6,11-12H2,1-4H3;1H. The minimum Gasteiger partial charge on any atom is -1.00 e. The second-order valence-corrected chi connectivity index (χ2v) is 4.96. The number of likely N-dealkylation sites (N-methyl/N-ethyl adjacent to an activating group) is 1. The molecule has 0 bridgehead atoms. The molecule has 0 saturated heterocycles. The normalized spacial score (nSPS) is 10.6. The van der Waals surface area contributed by atoms with Gasteiger partial charge in [-0.05, 0) is 38.1 Å². The third kappa shape index (κ3) is 5.66. The summed E-state index contributed by atoms with van der Waals surface area (Å²) in [7, 11) is 3.82. The Morgan fingerprint density at radius 2 is 1.75 bits per heavy atom. The van der Waals surface area contributed by atoms with Crippen LogP contribution in [-0.2, 0) is 0 Å². The largest absolute Gasteiger partial charge is 1.00 e. The van der Waals surface area contributed by atoms with Crippen molar-refractivity contribution in [2.24, 2.45) is 0 Å². The molecule has 0 aliphatic carbocycles. The van der Waals surface area contributed by atoms with Crippen LogP contribution in [0, 0.1) is 0 Å². The Morgan fingerprint density at radius 3 is 2.20 bits per heavy atom. The number of quaternary nitrogens is 1. The van der Waals surface area contributed by atoms with Crippen molar-refractivity contribution in [3.05, 3.63) is 29.8 Å². The number of nitrogens with zero attached hydrogens (tertiary/aromatic N) is 1. The number of carbonyl (C=O) groups excluding carboxylic acids is 1. The van der Waals surface area contributed by atoms with Gasteiger partial charge in [-0.3, -0.25) is 4.79 Å². The molecule has 4 nitrogen and oxygen atoms in total. The van der Waals surface area contributed by atoms with E-state index in [9.17, 15) is 4.79 Å². The van der Waals surface area contributed by atoms with Gasteiger partial charge in [0.05, 0.1) is 40.3 Å². The van der Waals surface area contributed by atoms with Crippen molar-refractivity contribution in [3.63, 3.8) is 0 Å². The highest BCUT2D eigenvalue weighted by Gasteiger charge is 2.16. The van der Waals surface area contributed by atoms with Gasteiger partial charge in [0.15, 0.2) is 0 Å². The van der Waals surface area contributed by atoms with E-state index in [2.05, 4.69) is 26.2 Å². The molecule has 0 heterocycles. The summed E-state index contributed by atoms with van der Waals surface area (Å²) in [5.74, 6) is 0.735. The number of ether oxygens (including phenoxy) is 1. The fourth-order valence-corrected chi connectivity index (χ4v) is 1.82. The SMILES string of the molecule is CC[N+](C)(CC)CCNC(=O)c1ccc(OC)cc1.[I-]. The quantitative estimate of drug-likeness (QED) is 0.474. The molecule has 1 aromatic carbocycles. The molecule has 0 saturated carbocycles. The van der Waals surface area contributed by atoms with E-state index in [4.69, 9.17) is 4.74 Å². The van der Waals surface area contributed by atoms with E-state index in [0.717, 1.165) is 29.9 Å². The monoisotopic (exact) mass is 392 g/mol. The van der Waals surface area contributed by atoms with Gasteiger partial charge in [0, 0.05) is 5.56 Å². The molecule has 0 atom stereocenters. The van der Waals surface area contributed by atoms with E-state index < -0.39 is 0 Å². The molecular weight excluding hydrogens is 367 g/mol. The van der Waals surface area contributed by atoms with Crippen molar-refractivity contribution in [2.75, 3.05) is 40.3 Å². The summed E-state index contributed by atoms with van der Waals surface area (Å²) in [5, 5.41) is 2.97. The average Bonchev–Trinajstić information content (AvgIpc) is 2.47. The average molecular weight is 392 g/mol. The first-order chi connectivity index (χ1) is 9.04. The van der Waals surface area contributed by atoms with Crippen LogP contribution in [0.5, 0.6) is 5.75 Å². The fourth-order valence-electron chi connectivity index (χ4n) is 1.82. The molecule has 114 valence electrons. The number of carbonyl (C=O) groups is 1. The lowest BCUT2D eigenvalue weighted by molar-refractivity contribution is -0.904. The molecule has 0 aliphatic heterocycles. The molecule has 0 fully saturated rings. The van der Waals surface area contributed by atoms with Crippen LogP contribution in [0.2, 0.25) is 0 Å². The zero-order valence-electron chi connectivity index (χ0n) is 12.8. The molecule has 1 aromatic rings. The van der Waals surface area contributed by atoms with Gasteiger partial charge >= 0.3 is 0 Å². The number of hydrogen-bond acceptors (Lipinski definition) is 2. The van der Waals surface area contributed by atoms with Crippen molar-refractivity contribution < 1.29 is 38.0 Å². The molecular formula is C15H25IN2O2. The number of amides is 1. The Hall–Kier alpha value is -0.820. The van der Waals surface area contributed by atoms with Gasteiger partial charge in [-0.25, -0.2) is 0 Å². The van der Waals surface area contributed by atoms with Crippen LogP contribution < -0.4 is 34.0 Å². The van der Waals surface area contributed by atoms with Crippen LogP contribution in [0.4, 0.5) is 0 Å². The Labute approximate surface area is 139 Å². The number of nitrogens with one attached hydrogen (secondary N) is 1. The number of halogens is 1. The van der Waals surface area contributed by atoms with Crippen LogP contribution >= 0.6 is 0 Å². The molecule has 0 aliphatic rings. The second kappa shape index (κ2) is 9.18. The van der Waals surface area contributed by atoms with E-state index in [1.165, 1.54) is 0 Å². The zero-order chi connectivity index (χ0) is 14.3. The predicted octanol–water partition coefficient (Wildman–Crippen LogP) is -1.08. The smallest absolute Gasteiger partial charge is 0.251 e. The molecule has 5 heteroatoms. The third-order valence-corrected chi connectivity index (χ3v) is 3.82. The molecule has 0 unspecified atom stereocenters. The molecule has 1 amide bonds. The summed E-state index contributed by atoms with van der Waals surface area (Å²) in [6.07, 6.45) is 0. The van der Waals surface area contributed by atoms with E-state index in [1.54, 1.807) is 31.4 Å². The molecule has 0 spiro atoms. The molecule has 20 heavy (non-hydrogen) atoms. The van der Waals surface area contributed by atoms with E-state index in [1.807, 2.05) is 0 Å². The minimum absolute atomic E-state index is 0. The Morgan fingerprint density at radius 1 is 1.20 bits per heavy atom. The van der Waals surface area contributed by atoms with Gasteiger partial charge in [-0.1, -0.05) is 0 Å². The maximum Gasteiger partial charge on any atom is 0.251 e. The van der Waals surface area contributed by atoms with E-state index >= 15 is 0 Å². The summed E-state index contributed by atoms with van der Waals surface area (Å²) < 4.78 is 6.04. The first-order valence-corrected chi connectivity index (χ1v) is 6.80. The fraction of sp³-hybridized carbons (Fsp3) is 0.533. The number of benzene rings is 1. The third-order valence-electron chi connectivity index (χ3n) is 3.82. The highest BCUT2D eigenvalue weighted by Crippen LogP contribution is 2.11. The first kappa shape index (κ1) is 19.2. The highest BCUT2D eigenvalue weighted by molar-refractivity contribution is 5.94. The first-order valence-electron chi connectivity index (χ1n) is 6.80. The van der Waals surface area contributed by atoms with Crippen molar-refractivity contribution in [2.45, 2.75) is 13.8 Å². The highest BCUT2D eigenvalue weighted by atomic mass is 127. The van der Waals surface area contributed by atoms with Crippen molar-refractivity contribution in [1.29, 1.82) is 0 Å². The van der Waals surface area contributed by atoms with Crippen molar-refractivity contribution in [1.82, 2.24) is 5.32 Å². The van der Waals surface area contributed by atoms with Crippen LogP contribution in [0.15, 0.2) is 24.3 Å². The number of methoxy groups -OCH3 is 1. The van der Waals surface area contributed by atoms with E-state index in [-0.39, 0.29) is 29.9 Å². The summed E-state index contributed by atoms with van der Waals surface area (Å²) in [4.78, 5) is 11.9. The number of hydrogen-bond donors (Lipinski definition) is 1. The van der Waals surface area contributed by atoms with Crippen molar-refractivity contribution in [3.8, 4) is 5.75 Å². The second-order valence-electron chi connectivity index (χ2n) is 4.96. The van der Waals surface area contributed by atoms with Crippen molar-refractivity contribution >= 4 is 5.91 Å². The van der Waals surface area contributed by atoms with Gasteiger partial charge in [0.2, 0.25) is 0 Å². The lowest BCUT2D eigenvalue weighted by atomic mass is 10.2. The topological polar surface area (TPSA) is 38.3 Å². The zero-order valence-corrected chi connectivity index (χ0v) is 14.9. The lowest BCUT2D eigenvalue weighted by Gasteiger charge is -2.32. The maximum absolute atomic E-state index is 11.9. The maximum atomic E-state index is 11.9. The summed E-state index contributed by atoms with van der Waals surface area (Å²) >= 11 is 0. The molecule has 0 radical (unpaired) electrons. The molecule has 1 rings (SSSR count). The van der Waals surface area contributed by atoms with Crippen LogP contribution in [0.3, 0.4) is 0 Å². The summed E-state index contributed by atoms with van der Waals surface area (Å²) in [6, 6.07) is 7.16. The van der Waals surface area contributed by atoms with Crippen LogP contribution in [0.1, 0.15) is 24.2 Å². The van der Waals surface area contributed by atoms with Gasteiger partial charge in [-0.15, -0.1) is 0 Å². The van der Waals surface area contributed by atoms with Gasteiger partial charge in [0.1, 0.15) is 5.75 Å². The van der Waals surface area contributed by atoms with Gasteiger partial charge in [0.25, 0.3) is 5.91 Å². The Bertz CT molecular complexity index is 403.